The fraction of sp³-hybridized carbons (Fsp3) is 0.211. The lowest BCUT2D eigenvalue weighted by molar-refractivity contribution is -0.141. The molecule has 0 saturated carbocycles. The van der Waals surface area contributed by atoms with Crippen molar-refractivity contribution in [3.8, 4) is 11.4 Å². The Labute approximate surface area is 168 Å². The van der Waals surface area contributed by atoms with Gasteiger partial charge in [0.05, 0.1) is 21.1 Å². The molecule has 6 nitrogen and oxygen atoms in total. The van der Waals surface area contributed by atoms with Gasteiger partial charge in [0.25, 0.3) is 5.91 Å². The topological polar surface area (TPSA) is 86.3 Å². The average molecular weight is 422 g/mol. The zero-order valence-electron chi connectivity index (χ0n) is 14.4. The number of carboxylic acids is 1. The Morgan fingerprint density at radius 2 is 2.04 bits per heavy atom. The maximum atomic E-state index is 14.2. The molecule has 1 aromatic heterocycles. The highest BCUT2D eigenvalue weighted by atomic mass is 35.5. The Morgan fingerprint density at radius 1 is 1.25 bits per heavy atom. The second kappa shape index (κ2) is 7.07. The number of carbonyl (C=O) groups excluding carboxylic acids is 1. The minimum Gasteiger partial charge on any atom is -0.480 e. The van der Waals surface area contributed by atoms with Crippen molar-refractivity contribution in [3.63, 3.8) is 0 Å². The summed E-state index contributed by atoms with van der Waals surface area (Å²) >= 11 is 12.4. The first-order valence-corrected chi connectivity index (χ1v) is 9.30. The molecular weight excluding hydrogens is 408 g/mol. The van der Waals surface area contributed by atoms with Gasteiger partial charge in [-0.1, -0.05) is 29.3 Å². The van der Waals surface area contributed by atoms with Crippen molar-refractivity contribution in [2.45, 2.75) is 18.9 Å². The second-order valence-corrected chi connectivity index (χ2v) is 7.35. The average Bonchev–Trinajstić information content (AvgIpc) is 3.28. The normalized spacial score (nSPS) is 16.7. The number of aromatic amines is 1. The summed E-state index contributed by atoms with van der Waals surface area (Å²) in [5.41, 5.74) is 1.13. The minimum absolute atomic E-state index is 0.106. The van der Waals surface area contributed by atoms with Crippen LogP contribution in [0.3, 0.4) is 0 Å². The van der Waals surface area contributed by atoms with Crippen molar-refractivity contribution in [3.05, 3.63) is 51.8 Å². The molecule has 2 aromatic carbocycles. The number of imidazole rings is 1. The highest BCUT2D eigenvalue weighted by molar-refractivity contribution is 6.35. The first-order chi connectivity index (χ1) is 13.4. The molecule has 1 unspecified atom stereocenters. The van der Waals surface area contributed by atoms with Gasteiger partial charge in [-0.25, -0.2) is 14.2 Å². The molecule has 144 valence electrons. The van der Waals surface area contributed by atoms with Gasteiger partial charge in [0, 0.05) is 12.1 Å². The first-order valence-electron chi connectivity index (χ1n) is 8.54. The molecule has 0 radical (unpaired) electrons. The molecular formula is C19H14Cl2FN3O3. The van der Waals surface area contributed by atoms with E-state index in [4.69, 9.17) is 23.2 Å². The molecule has 1 fully saturated rings. The van der Waals surface area contributed by atoms with Crippen LogP contribution in [0.2, 0.25) is 10.0 Å². The number of aliphatic carboxylic acids is 1. The molecule has 0 spiro atoms. The number of likely N-dealkylation sites (tertiary alicyclic amines) is 1. The summed E-state index contributed by atoms with van der Waals surface area (Å²) in [6.45, 7) is 0.366. The number of carboxylic acid groups (broad SMARTS) is 1. The van der Waals surface area contributed by atoms with Crippen molar-refractivity contribution in [1.82, 2.24) is 14.9 Å². The monoisotopic (exact) mass is 421 g/mol. The lowest BCUT2D eigenvalue weighted by atomic mass is 10.1. The summed E-state index contributed by atoms with van der Waals surface area (Å²) in [5, 5.41) is 9.69. The molecule has 1 saturated heterocycles. The van der Waals surface area contributed by atoms with E-state index in [1.54, 1.807) is 6.07 Å². The van der Waals surface area contributed by atoms with E-state index in [0.717, 1.165) is 0 Å². The van der Waals surface area contributed by atoms with Crippen LogP contribution < -0.4 is 0 Å². The van der Waals surface area contributed by atoms with Gasteiger partial charge in [-0.05, 0) is 37.1 Å². The van der Waals surface area contributed by atoms with E-state index in [9.17, 15) is 19.1 Å². The fourth-order valence-corrected chi connectivity index (χ4v) is 3.99. The largest absolute Gasteiger partial charge is 0.480 e. The van der Waals surface area contributed by atoms with E-state index in [2.05, 4.69) is 9.97 Å². The zero-order valence-corrected chi connectivity index (χ0v) is 15.9. The van der Waals surface area contributed by atoms with Gasteiger partial charge in [0.15, 0.2) is 0 Å². The summed E-state index contributed by atoms with van der Waals surface area (Å²) in [4.78, 5) is 32.8. The number of halogens is 3. The van der Waals surface area contributed by atoms with E-state index < -0.39 is 23.7 Å². The van der Waals surface area contributed by atoms with Crippen molar-refractivity contribution in [2.24, 2.45) is 0 Å². The smallest absolute Gasteiger partial charge is 0.326 e. The van der Waals surface area contributed by atoms with Gasteiger partial charge in [-0.2, -0.15) is 0 Å². The number of benzene rings is 2. The third kappa shape index (κ3) is 3.10. The molecule has 1 aliphatic heterocycles. The molecule has 1 amide bonds. The minimum atomic E-state index is -1.03. The molecule has 0 bridgehead atoms. The first kappa shape index (κ1) is 18.7. The standard InChI is InChI=1S/C19H14Cl2FN3O3/c20-10-3-1-4-12(22)15(10)17-23-13-8-9(7-11(21)16(13)24-17)18(26)25-6-2-5-14(25)19(27)28/h1,3-4,7-8,14H,2,5-6H2,(H,23,24)(H,27,28). The Hall–Kier alpha value is -2.64. The summed E-state index contributed by atoms with van der Waals surface area (Å²) in [6.07, 6.45) is 1.04. The van der Waals surface area contributed by atoms with E-state index in [1.165, 1.54) is 29.2 Å². The number of hydrogen-bond acceptors (Lipinski definition) is 3. The fourth-order valence-electron chi connectivity index (χ4n) is 3.47. The predicted molar refractivity (Wildman–Crippen MR) is 103 cm³/mol. The number of nitrogens with one attached hydrogen (secondary N) is 1. The molecule has 9 heteroatoms. The summed E-state index contributed by atoms with van der Waals surface area (Å²) < 4.78 is 14.2. The summed E-state index contributed by atoms with van der Waals surface area (Å²) in [6, 6.07) is 6.43. The van der Waals surface area contributed by atoms with Gasteiger partial charge in [-0.3, -0.25) is 4.79 Å². The number of fused-ring (bicyclic) bond motifs is 1. The molecule has 2 N–H and O–H groups in total. The number of H-pyrrole nitrogens is 1. The lowest BCUT2D eigenvalue weighted by Gasteiger charge is -2.21. The predicted octanol–water partition coefficient (Wildman–Crippen LogP) is 4.37. The number of hydrogen-bond donors (Lipinski definition) is 2. The molecule has 0 aliphatic carbocycles. The Balaban J connectivity index is 1.77. The van der Waals surface area contributed by atoms with Gasteiger partial charge < -0.3 is 15.0 Å². The number of amides is 1. The second-order valence-electron chi connectivity index (χ2n) is 6.53. The number of aromatic nitrogens is 2. The van der Waals surface area contributed by atoms with Crippen LogP contribution in [0.15, 0.2) is 30.3 Å². The van der Waals surface area contributed by atoms with Crippen LogP contribution in [0.25, 0.3) is 22.4 Å². The van der Waals surface area contributed by atoms with Crippen molar-refractivity contribution >= 4 is 46.1 Å². The third-order valence-electron chi connectivity index (χ3n) is 4.79. The van der Waals surface area contributed by atoms with Crippen LogP contribution in [-0.4, -0.2) is 44.4 Å². The van der Waals surface area contributed by atoms with E-state index in [-0.39, 0.29) is 27.0 Å². The van der Waals surface area contributed by atoms with Crippen LogP contribution in [0.1, 0.15) is 23.2 Å². The molecule has 3 aromatic rings. The molecule has 2 heterocycles. The van der Waals surface area contributed by atoms with Crippen molar-refractivity contribution in [1.29, 1.82) is 0 Å². The van der Waals surface area contributed by atoms with E-state index in [1.807, 2.05) is 0 Å². The van der Waals surface area contributed by atoms with Gasteiger partial charge >= 0.3 is 5.97 Å². The van der Waals surface area contributed by atoms with Gasteiger partial charge in [0.1, 0.15) is 23.2 Å². The van der Waals surface area contributed by atoms with Crippen molar-refractivity contribution in [2.75, 3.05) is 6.54 Å². The highest BCUT2D eigenvalue weighted by Gasteiger charge is 2.34. The van der Waals surface area contributed by atoms with E-state index >= 15 is 0 Å². The van der Waals surface area contributed by atoms with Crippen LogP contribution in [0, 0.1) is 5.82 Å². The quantitative estimate of drug-likeness (QED) is 0.657. The van der Waals surface area contributed by atoms with Crippen LogP contribution in [-0.2, 0) is 4.79 Å². The van der Waals surface area contributed by atoms with E-state index in [0.29, 0.717) is 30.4 Å². The molecule has 28 heavy (non-hydrogen) atoms. The number of nitrogens with zero attached hydrogens (tertiary/aromatic N) is 2. The van der Waals surface area contributed by atoms with Crippen LogP contribution in [0.5, 0.6) is 0 Å². The maximum absolute atomic E-state index is 14.2. The van der Waals surface area contributed by atoms with Crippen LogP contribution >= 0.6 is 23.2 Å². The molecule has 4 rings (SSSR count). The van der Waals surface area contributed by atoms with Gasteiger partial charge in [-0.15, -0.1) is 0 Å². The number of rotatable bonds is 3. The summed E-state index contributed by atoms with van der Waals surface area (Å²) in [5.74, 6) is -1.81. The number of carbonyl (C=O) groups is 2. The third-order valence-corrected chi connectivity index (χ3v) is 5.39. The molecule has 1 atom stereocenters. The van der Waals surface area contributed by atoms with Crippen LogP contribution in [0.4, 0.5) is 4.39 Å². The Kier molecular flexibility index (Phi) is 4.72. The molecule has 1 aliphatic rings. The Bertz CT molecular complexity index is 1090. The zero-order chi connectivity index (χ0) is 20.0. The summed E-state index contributed by atoms with van der Waals surface area (Å²) in [7, 11) is 0. The highest BCUT2D eigenvalue weighted by Crippen LogP contribution is 2.33. The van der Waals surface area contributed by atoms with Crippen molar-refractivity contribution < 1.29 is 19.1 Å². The Morgan fingerprint density at radius 3 is 2.75 bits per heavy atom. The van der Waals surface area contributed by atoms with Gasteiger partial charge in [0.2, 0.25) is 0 Å². The lowest BCUT2D eigenvalue weighted by Crippen LogP contribution is -2.40. The SMILES string of the molecule is O=C(O)C1CCCN1C(=O)c1cc(Cl)c2nc(-c3c(F)cccc3Cl)[nH]c2c1. The maximum Gasteiger partial charge on any atom is 0.326 e.